The highest BCUT2D eigenvalue weighted by Gasteiger charge is 1.99. The normalized spacial score (nSPS) is 10.9. The minimum atomic E-state index is 0.228. The molecule has 0 atom stereocenters. The van der Waals surface area contributed by atoms with Gasteiger partial charge in [0, 0.05) is 18.3 Å². The Hall–Kier alpha value is -1.18. The lowest BCUT2D eigenvalue weighted by Crippen LogP contribution is -2.07. The Bertz CT molecular complexity index is 307. The van der Waals surface area contributed by atoms with Crippen LogP contribution in [0.1, 0.15) is 34.1 Å². The lowest BCUT2D eigenvalue weighted by atomic mass is 10.1. The van der Waals surface area contributed by atoms with Gasteiger partial charge in [-0.05, 0) is 38.3 Å². The van der Waals surface area contributed by atoms with E-state index >= 15 is 0 Å². The molecule has 0 saturated heterocycles. The van der Waals surface area contributed by atoms with Crippen LogP contribution in [0.25, 0.3) is 0 Å². The minimum Gasteiger partial charge on any atom is -0.491 e. The van der Waals surface area contributed by atoms with E-state index in [1.807, 2.05) is 26.0 Å². The zero-order chi connectivity index (χ0) is 12.0. The van der Waals surface area contributed by atoms with Gasteiger partial charge in [-0.1, -0.05) is 19.9 Å². The Labute approximate surface area is 99.0 Å². The molecule has 90 valence electrons. The maximum atomic E-state index is 5.64. The second-order valence-corrected chi connectivity index (χ2v) is 4.80. The van der Waals surface area contributed by atoms with Crippen LogP contribution in [0.15, 0.2) is 24.3 Å². The van der Waals surface area contributed by atoms with E-state index in [2.05, 4.69) is 31.3 Å². The summed E-state index contributed by atoms with van der Waals surface area (Å²) in [6, 6.07) is 8.15. The van der Waals surface area contributed by atoms with E-state index in [-0.39, 0.29) is 6.10 Å². The summed E-state index contributed by atoms with van der Waals surface area (Å²) in [5.74, 6) is 1.67. The van der Waals surface area contributed by atoms with Crippen LogP contribution in [-0.2, 0) is 0 Å². The second-order valence-electron chi connectivity index (χ2n) is 4.80. The number of anilines is 1. The third-order valence-corrected chi connectivity index (χ3v) is 2.26. The van der Waals surface area contributed by atoms with Crippen LogP contribution in [0.3, 0.4) is 0 Å². The molecule has 16 heavy (non-hydrogen) atoms. The molecule has 2 heteroatoms. The van der Waals surface area contributed by atoms with Crippen LogP contribution in [0, 0.1) is 5.92 Å². The third kappa shape index (κ3) is 5.06. The summed E-state index contributed by atoms with van der Waals surface area (Å²) in [5.41, 5.74) is 1.14. The highest BCUT2D eigenvalue weighted by molar-refractivity contribution is 5.48. The van der Waals surface area contributed by atoms with Gasteiger partial charge in [0.1, 0.15) is 5.75 Å². The predicted molar refractivity (Wildman–Crippen MR) is 70.2 cm³/mol. The van der Waals surface area contributed by atoms with E-state index in [0.717, 1.165) is 23.9 Å². The monoisotopic (exact) mass is 221 g/mol. The quantitative estimate of drug-likeness (QED) is 0.785. The van der Waals surface area contributed by atoms with E-state index in [1.165, 1.54) is 6.42 Å². The molecule has 0 fully saturated rings. The number of nitrogens with one attached hydrogen (secondary N) is 1. The summed E-state index contributed by atoms with van der Waals surface area (Å²) < 4.78 is 5.64. The largest absolute Gasteiger partial charge is 0.491 e. The van der Waals surface area contributed by atoms with Crippen LogP contribution in [-0.4, -0.2) is 12.6 Å². The average molecular weight is 221 g/mol. The highest BCUT2D eigenvalue weighted by atomic mass is 16.5. The van der Waals surface area contributed by atoms with E-state index in [4.69, 9.17) is 4.74 Å². The Balaban J connectivity index is 2.47. The zero-order valence-electron chi connectivity index (χ0n) is 10.8. The molecule has 0 amide bonds. The SMILES string of the molecule is CC(C)CCNc1cccc(OC(C)C)c1. The van der Waals surface area contributed by atoms with Crippen LogP contribution < -0.4 is 10.1 Å². The first kappa shape index (κ1) is 12.9. The van der Waals surface area contributed by atoms with Gasteiger partial charge in [0.25, 0.3) is 0 Å². The molecule has 1 rings (SSSR count). The van der Waals surface area contributed by atoms with Crippen molar-refractivity contribution < 1.29 is 4.74 Å². The van der Waals surface area contributed by atoms with Crippen molar-refractivity contribution in [3.63, 3.8) is 0 Å². The molecule has 0 saturated carbocycles. The molecule has 1 N–H and O–H groups in total. The summed E-state index contributed by atoms with van der Waals surface area (Å²) in [6.07, 6.45) is 1.42. The average Bonchev–Trinajstić information content (AvgIpc) is 2.16. The van der Waals surface area contributed by atoms with Gasteiger partial charge >= 0.3 is 0 Å². The number of rotatable bonds is 6. The van der Waals surface area contributed by atoms with E-state index in [9.17, 15) is 0 Å². The van der Waals surface area contributed by atoms with Gasteiger partial charge in [0.2, 0.25) is 0 Å². The standard InChI is InChI=1S/C14H23NO/c1-11(2)8-9-15-13-6-5-7-14(10-13)16-12(3)4/h5-7,10-12,15H,8-9H2,1-4H3. The summed E-state index contributed by atoms with van der Waals surface area (Å²) in [7, 11) is 0. The molecule has 1 aromatic rings. The van der Waals surface area contributed by atoms with Crippen molar-refractivity contribution in [1.82, 2.24) is 0 Å². The van der Waals surface area contributed by atoms with Crippen molar-refractivity contribution in [3.8, 4) is 5.75 Å². The van der Waals surface area contributed by atoms with E-state index in [0.29, 0.717) is 0 Å². The van der Waals surface area contributed by atoms with Gasteiger partial charge in [-0.25, -0.2) is 0 Å². The topological polar surface area (TPSA) is 21.3 Å². The second kappa shape index (κ2) is 6.41. The van der Waals surface area contributed by atoms with Gasteiger partial charge in [-0.3, -0.25) is 0 Å². The lowest BCUT2D eigenvalue weighted by molar-refractivity contribution is 0.242. The molecule has 2 nitrogen and oxygen atoms in total. The van der Waals surface area contributed by atoms with Crippen molar-refractivity contribution in [2.24, 2.45) is 5.92 Å². The van der Waals surface area contributed by atoms with Gasteiger partial charge in [-0.15, -0.1) is 0 Å². The molecule has 0 heterocycles. The van der Waals surface area contributed by atoms with Crippen molar-refractivity contribution in [1.29, 1.82) is 0 Å². The Morgan fingerprint density at radius 1 is 1.19 bits per heavy atom. The van der Waals surface area contributed by atoms with E-state index in [1.54, 1.807) is 0 Å². The predicted octanol–water partition coefficient (Wildman–Crippen LogP) is 3.93. The van der Waals surface area contributed by atoms with Gasteiger partial charge < -0.3 is 10.1 Å². The minimum absolute atomic E-state index is 0.228. The van der Waals surface area contributed by atoms with Gasteiger partial charge in [0.15, 0.2) is 0 Å². The molecule has 0 aliphatic rings. The number of benzene rings is 1. The third-order valence-electron chi connectivity index (χ3n) is 2.26. The van der Waals surface area contributed by atoms with Crippen LogP contribution in [0.4, 0.5) is 5.69 Å². The number of hydrogen-bond acceptors (Lipinski definition) is 2. The molecule has 0 unspecified atom stereocenters. The highest BCUT2D eigenvalue weighted by Crippen LogP contribution is 2.18. The summed E-state index contributed by atoms with van der Waals surface area (Å²) in [4.78, 5) is 0. The van der Waals surface area contributed by atoms with Crippen LogP contribution >= 0.6 is 0 Å². The molecule has 0 bridgehead atoms. The smallest absolute Gasteiger partial charge is 0.121 e. The van der Waals surface area contributed by atoms with Crippen LogP contribution in [0.2, 0.25) is 0 Å². The molecule has 0 aliphatic heterocycles. The first-order chi connectivity index (χ1) is 7.58. The Kier molecular flexibility index (Phi) is 5.17. The van der Waals surface area contributed by atoms with Gasteiger partial charge in [0.05, 0.1) is 6.10 Å². The van der Waals surface area contributed by atoms with Crippen molar-refractivity contribution in [2.45, 2.75) is 40.2 Å². The summed E-state index contributed by atoms with van der Waals surface area (Å²) >= 11 is 0. The lowest BCUT2D eigenvalue weighted by Gasteiger charge is -2.12. The molecule has 0 aromatic heterocycles. The first-order valence-corrected chi connectivity index (χ1v) is 6.08. The van der Waals surface area contributed by atoms with Crippen molar-refractivity contribution in [2.75, 3.05) is 11.9 Å². The molecule has 0 radical (unpaired) electrons. The van der Waals surface area contributed by atoms with Gasteiger partial charge in [-0.2, -0.15) is 0 Å². The number of hydrogen-bond donors (Lipinski definition) is 1. The molecular weight excluding hydrogens is 198 g/mol. The maximum Gasteiger partial charge on any atom is 0.121 e. The zero-order valence-corrected chi connectivity index (χ0v) is 10.8. The molecular formula is C14H23NO. The molecule has 0 aliphatic carbocycles. The van der Waals surface area contributed by atoms with Crippen LogP contribution in [0.5, 0.6) is 5.75 Å². The first-order valence-electron chi connectivity index (χ1n) is 6.08. The molecule has 0 spiro atoms. The Morgan fingerprint density at radius 2 is 1.94 bits per heavy atom. The fourth-order valence-corrected chi connectivity index (χ4v) is 1.46. The molecule has 1 aromatic carbocycles. The number of ether oxygens (including phenoxy) is 1. The van der Waals surface area contributed by atoms with Crippen molar-refractivity contribution >= 4 is 5.69 Å². The fraction of sp³-hybridized carbons (Fsp3) is 0.571. The van der Waals surface area contributed by atoms with E-state index < -0.39 is 0 Å². The summed E-state index contributed by atoms with van der Waals surface area (Å²) in [5, 5.41) is 3.41. The maximum absolute atomic E-state index is 5.64. The fourth-order valence-electron chi connectivity index (χ4n) is 1.46. The Morgan fingerprint density at radius 3 is 2.56 bits per heavy atom. The van der Waals surface area contributed by atoms with Crippen molar-refractivity contribution in [3.05, 3.63) is 24.3 Å². The summed E-state index contributed by atoms with van der Waals surface area (Å²) in [6.45, 7) is 9.57.